The van der Waals surface area contributed by atoms with Crippen molar-refractivity contribution in [3.05, 3.63) is 70.6 Å². The van der Waals surface area contributed by atoms with Crippen LogP contribution in [-0.2, 0) is 26.1 Å². The maximum atomic E-state index is 13.4. The summed E-state index contributed by atoms with van der Waals surface area (Å²) in [6.07, 6.45) is 1.95. The molecular formula is C27H34N4O6S. The van der Waals surface area contributed by atoms with E-state index in [0.29, 0.717) is 70.6 Å². The van der Waals surface area contributed by atoms with Gasteiger partial charge in [-0.1, -0.05) is 30.3 Å². The summed E-state index contributed by atoms with van der Waals surface area (Å²) in [7, 11) is -1.88. The maximum absolute atomic E-state index is 13.4. The lowest BCUT2D eigenvalue weighted by atomic mass is 10.1. The van der Waals surface area contributed by atoms with E-state index in [9.17, 15) is 18.0 Å². The van der Waals surface area contributed by atoms with Crippen LogP contribution >= 0.6 is 0 Å². The molecule has 2 aliphatic heterocycles. The summed E-state index contributed by atoms with van der Waals surface area (Å²) < 4.78 is 37.2. The molecule has 0 aliphatic carbocycles. The van der Waals surface area contributed by atoms with Crippen molar-refractivity contribution in [3.63, 3.8) is 0 Å². The van der Waals surface area contributed by atoms with Crippen LogP contribution in [0.25, 0.3) is 11.0 Å². The van der Waals surface area contributed by atoms with E-state index in [0.717, 1.165) is 11.0 Å². The van der Waals surface area contributed by atoms with E-state index in [4.69, 9.17) is 9.57 Å². The standard InChI is InChI=1S/C27H34N4O6S/c1-36-20-19-30-24-9-5-6-10-25(24)31(27(30)33)22-11-17-29(18-12-22)38(34,35)23-13-15-28(16-14-23)37-26(32)21-7-3-2-4-8-21/h2-10,22-23H,11-20H2,1H3. The molecule has 0 N–H and O–H groups in total. The molecule has 0 unspecified atom stereocenters. The van der Waals surface area contributed by atoms with Crippen molar-refractivity contribution in [3.8, 4) is 0 Å². The largest absolute Gasteiger partial charge is 0.383 e. The lowest BCUT2D eigenvalue weighted by molar-refractivity contribution is -0.119. The molecule has 0 radical (unpaired) electrons. The highest BCUT2D eigenvalue weighted by Gasteiger charge is 2.38. The van der Waals surface area contributed by atoms with Gasteiger partial charge < -0.3 is 9.57 Å². The summed E-state index contributed by atoms with van der Waals surface area (Å²) in [5, 5.41) is 1.05. The van der Waals surface area contributed by atoms with Gasteiger partial charge in [0.25, 0.3) is 0 Å². The molecule has 0 atom stereocenters. The second-order valence-electron chi connectivity index (χ2n) is 9.83. The number of sulfonamides is 1. The van der Waals surface area contributed by atoms with Gasteiger partial charge in [0.15, 0.2) is 0 Å². The highest BCUT2D eigenvalue weighted by atomic mass is 32.2. The smallest absolute Gasteiger partial charge is 0.357 e. The molecule has 204 valence electrons. The number of rotatable bonds is 8. The van der Waals surface area contributed by atoms with Crippen LogP contribution in [0, 0.1) is 0 Å². The summed E-state index contributed by atoms with van der Waals surface area (Å²) in [4.78, 5) is 31.1. The van der Waals surface area contributed by atoms with Gasteiger partial charge in [-0.05, 0) is 49.9 Å². The number of ether oxygens (including phenoxy) is 1. The van der Waals surface area contributed by atoms with Gasteiger partial charge >= 0.3 is 11.7 Å². The van der Waals surface area contributed by atoms with Crippen molar-refractivity contribution in [1.82, 2.24) is 18.5 Å². The molecule has 2 fully saturated rings. The molecule has 38 heavy (non-hydrogen) atoms. The molecule has 3 aromatic rings. The molecule has 5 rings (SSSR count). The topological polar surface area (TPSA) is 103 Å². The van der Waals surface area contributed by atoms with Crippen molar-refractivity contribution in [2.45, 2.75) is 43.5 Å². The SMILES string of the molecule is COCCn1c(=O)n(C2CCN(S(=O)(=O)C3CCN(OC(=O)c4ccccc4)CC3)CC2)c2ccccc21. The third-order valence-electron chi connectivity index (χ3n) is 7.58. The second-order valence-corrected chi connectivity index (χ2v) is 12.0. The van der Waals surface area contributed by atoms with Gasteiger partial charge in [0.1, 0.15) is 0 Å². The fourth-order valence-electron chi connectivity index (χ4n) is 5.51. The van der Waals surface area contributed by atoms with E-state index in [1.807, 2.05) is 34.9 Å². The Morgan fingerprint density at radius 1 is 0.895 bits per heavy atom. The van der Waals surface area contributed by atoms with Gasteiger partial charge in [0.05, 0.1) is 35.0 Å². The first-order valence-corrected chi connectivity index (χ1v) is 14.6. The molecule has 0 saturated carbocycles. The normalized spacial score (nSPS) is 18.7. The predicted molar refractivity (Wildman–Crippen MR) is 143 cm³/mol. The van der Waals surface area contributed by atoms with E-state index in [1.54, 1.807) is 45.3 Å². The first-order valence-electron chi connectivity index (χ1n) is 13.1. The van der Waals surface area contributed by atoms with E-state index in [-0.39, 0.29) is 11.7 Å². The number of piperidine rings is 2. The molecule has 3 heterocycles. The lowest BCUT2D eigenvalue weighted by Crippen LogP contribution is -2.48. The van der Waals surface area contributed by atoms with Gasteiger partial charge in [0.2, 0.25) is 10.0 Å². The Morgan fingerprint density at radius 3 is 2.18 bits per heavy atom. The van der Waals surface area contributed by atoms with Crippen LogP contribution in [0.1, 0.15) is 42.1 Å². The molecule has 0 spiro atoms. The van der Waals surface area contributed by atoms with Crippen molar-refractivity contribution >= 4 is 27.0 Å². The molecule has 1 aromatic heterocycles. The lowest BCUT2D eigenvalue weighted by Gasteiger charge is -2.36. The minimum atomic E-state index is -3.50. The number of fused-ring (bicyclic) bond motifs is 1. The quantitative estimate of drug-likeness (QED) is 0.431. The minimum Gasteiger partial charge on any atom is -0.383 e. The fraction of sp³-hybridized carbons (Fsp3) is 0.481. The molecule has 0 bridgehead atoms. The van der Waals surface area contributed by atoms with Crippen molar-refractivity contribution in [2.24, 2.45) is 0 Å². The highest BCUT2D eigenvalue weighted by molar-refractivity contribution is 7.89. The number of para-hydroxylation sites is 2. The summed E-state index contributed by atoms with van der Waals surface area (Å²) in [5.74, 6) is -0.437. The zero-order valence-electron chi connectivity index (χ0n) is 21.6. The van der Waals surface area contributed by atoms with Crippen LogP contribution in [0.5, 0.6) is 0 Å². The zero-order chi connectivity index (χ0) is 26.7. The maximum Gasteiger partial charge on any atom is 0.357 e. The van der Waals surface area contributed by atoms with Crippen LogP contribution in [0.3, 0.4) is 0 Å². The third kappa shape index (κ3) is 5.28. The Morgan fingerprint density at radius 2 is 1.53 bits per heavy atom. The van der Waals surface area contributed by atoms with Gasteiger partial charge in [-0.2, -0.15) is 0 Å². The van der Waals surface area contributed by atoms with E-state index in [2.05, 4.69) is 0 Å². The Kier molecular flexibility index (Phi) is 7.98. The number of hydrogen-bond acceptors (Lipinski definition) is 7. The number of carbonyl (C=O) groups is 1. The highest BCUT2D eigenvalue weighted by Crippen LogP contribution is 2.30. The first-order chi connectivity index (χ1) is 18.4. The van der Waals surface area contributed by atoms with Gasteiger partial charge in [-0.25, -0.2) is 22.3 Å². The third-order valence-corrected chi connectivity index (χ3v) is 9.98. The predicted octanol–water partition coefficient (Wildman–Crippen LogP) is 2.65. The molecule has 2 aromatic carbocycles. The Hall–Kier alpha value is -2.99. The number of benzene rings is 2. The van der Waals surface area contributed by atoms with E-state index in [1.165, 1.54) is 0 Å². The van der Waals surface area contributed by atoms with Crippen molar-refractivity contribution < 1.29 is 22.8 Å². The van der Waals surface area contributed by atoms with Crippen LogP contribution in [0.4, 0.5) is 0 Å². The number of hydroxylamine groups is 2. The number of methoxy groups -OCH3 is 1. The molecule has 0 amide bonds. The van der Waals surface area contributed by atoms with Crippen LogP contribution in [0.2, 0.25) is 0 Å². The Balaban J connectivity index is 1.20. The number of imidazole rings is 1. The Bertz CT molecular complexity index is 1420. The fourth-order valence-corrected chi connectivity index (χ4v) is 7.46. The molecular weight excluding hydrogens is 508 g/mol. The van der Waals surface area contributed by atoms with E-state index >= 15 is 0 Å². The van der Waals surface area contributed by atoms with Crippen molar-refractivity contribution in [1.29, 1.82) is 0 Å². The van der Waals surface area contributed by atoms with Crippen molar-refractivity contribution in [2.75, 3.05) is 39.9 Å². The summed E-state index contributed by atoms with van der Waals surface area (Å²) >= 11 is 0. The monoisotopic (exact) mass is 542 g/mol. The molecule has 11 heteroatoms. The number of nitrogens with zero attached hydrogens (tertiary/aromatic N) is 4. The zero-order valence-corrected chi connectivity index (χ0v) is 22.4. The molecule has 2 saturated heterocycles. The second kappa shape index (κ2) is 11.4. The average Bonchev–Trinajstić information content (AvgIpc) is 3.23. The number of hydrogen-bond donors (Lipinski definition) is 0. The van der Waals surface area contributed by atoms with Gasteiger partial charge in [-0.3, -0.25) is 9.13 Å². The molecule has 10 nitrogen and oxygen atoms in total. The van der Waals surface area contributed by atoms with Crippen LogP contribution < -0.4 is 5.69 Å². The van der Waals surface area contributed by atoms with Gasteiger partial charge in [-0.15, -0.1) is 5.06 Å². The van der Waals surface area contributed by atoms with Crippen LogP contribution in [-0.4, -0.2) is 78.0 Å². The minimum absolute atomic E-state index is 0.0677. The molecule has 2 aliphatic rings. The van der Waals surface area contributed by atoms with Gasteiger partial charge in [0, 0.05) is 39.3 Å². The Labute approximate surface area is 222 Å². The number of carbonyl (C=O) groups excluding carboxylic acids is 1. The van der Waals surface area contributed by atoms with E-state index < -0.39 is 21.2 Å². The summed E-state index contributed by atoms with van der Waals surface area (Å²) in [6.45, 7) is 2.40. The first kappa shape index (κ1) is 26.6. The average molecular weight is 543 g/mol. The number of aromatic nitrogens is 2. The summed E-state index contributed by atoms with van der Waals surface area (Å²) in [6, 6.07) is 16.4. The summed E-state index contributed by atoms with van der Waals surface area (Å²) in [5.41, 5.74) is 2.12. The van der Waals surface area contributed by atoms with Crippen LogP contribution in [0.15, 0.2) is 59.4 Å².